The fourth-order valence-corrected chi connectivity index (χ4v) is 5.79. The molecule has 0 aromatic heterocycles. The lowest BCUT2D eigenvalue weighted by atomic mass is 9.72. The molecule has 6 nitrogen and oxygen atoms in total. The quantitative estimate of drug-likeness (QED) is 0.383. The second-order valence-corrected chi connectivity index (χ2v) is 10.6. The molecule has 1 N–H and O–H groups in total. The standard InChI is InChI=1S/C32H43FN2O4/c1-6-34(3)14-15-39-30-13-8-22(16-28(30)33)21-35(7-2)29-20-32(38-5)31(37-4)19-27(29)25-10-9-24-18-26(36)12-11-23(24)17-25/h8,11-13,16,18-20,25,27,29,36H,6-7,9-10,14-15,17,21H2,1-5H3/t25-,27?,29?/m1/s1. The molecule has 2 aliphatic rings. The van der Waals surface area contributed by atoms with Crippen LogP contribution >= 0.6 is 0 Å². The number of nitrogens with zero attached hydrogens (tertiary/aromatic N) is 2. The molecule has 2 aromatic carbocycles. The average Bonchev–Trinajstić information content (AvgIpc) is 2.95. The lowest BCUT2D eigenvalue weighted by molar-refractivity contribution is 0.132. The molecule has 0 spiro atoms. The average molecular weight is 539 g/mol. The summed E-state index contributed by atoms with van der Waals surface area (Å²) in [5, 5.41) is 9.93. The van der Waals surface area contributed by atoms with E-state index in [0.717, 1.165) is 56.0 Å². The second-order valence-electron chi connectivity index (χ2n) is 10.6. The largest absolute Gasteiger partial charge is 0.508 e. The van der Waals surface area contributed by atoms with Crippen molar-refractivity contribution in [2.45, 2.75) is 45.7 Å². The van der Waals surface area contributed by atoms with Crippen molar-refractivity contribution in [1.29, 1.82) is 0 Å². The Morgan fingerprint density at radius 1 is 0.974 bits per heavy atom. The van der Waals surface area contributed by atoms with Crippen LogP contribution in [0.15, 0.2) is 60.1 Å². The maximum Gasteiger partial charge on any atom is 0.165 e. The van der Waals surface area contributed by atoms with Gasteiger partial charge >= 0.3 is 0 Å². The van der Waals surface area contributed by atoms with Crippen LogP contribution in [-0.2, 0) is 28.9 Å². The first kappa shape index (κ1) is 29.0. The van der Waals surface area contributed by atoms with Crippen LogP contribution in [0.5, 0.6) is 11.5 Å². The third-order valence-corrected chi connectivity index (χ3v) is 8.22. The molecule has 3 atom stereocenters. The van der Waals surface area contributed by atoms with Gasteiger partial charge < -0.3 is 24.2 Å². The van der Waals surface area contributed by atoms with Gasteiger partial charge in [-0.3, -0.25) is 4.90 Å². The van der Waals surface area contributed by atoms with Crippen LogP contribution in [0.3, 0.4) is 0 Å². The molecule has 0 heterocycles. The van der Waals surface area contributed by atoms with Gasteiger partial charge in [0.1, 0.15) is 12.4 Å². The van der Waals surface area contributed by atoms with Crippen LogP contribution < -0.4 is 4.74 Å². The number of rotatable bonds is 12. The molecule has 7 heteroatoms. The Bertz CT molecular complexity index is 1180. The molecule has 39 heavy (non-hydrogen) atoms. The number of likely N-dealkylation sites (N-methyl/N-ethyl adjacent to an activating group) is 2. The minimum Gasteiger partial charge on any atom is -0.508 e. The number of ether oxygens (including phenoxy) is 3. The zero-order chi connectivity index (χ0) is 27.9. The number of benzene rings is 2. The van der Waals surface area contributed by atoms with E-state index in [1.807, 2.05) is 19.2 Å². The van der Waals surface area contributed by atoms with Gasteiger partial charge in [-0.1, -0.05) is 26.0 Å². The molecule has 4 rings (SSSR count). The van der Waals surface area contributed by atoms with Gasteiger partial charge in [-0.05, 0) is 98.4 Å². The number of hydrogen-bond acceptors (Lipinski definition) is 6. The number of methoxy groups -OCH3 is 2. The van der Waals surface area contributed by atoms with Crippen molar-refractivity contribution in [3.8, 4) is 11.5 Å². The third kappa shape index (κ3) is 6.95. The topological polar surface area (TPSA) is 54.4 Å². The number of hydrogen-bond donors (Lipinski definition) is 1. The minimum atomic E-state index is -0.329. The molecule has 0 amide bonds. The first-order chi connectivity index (χ1) is 18.9. The zero-order valence-corrected chi connectivity index (χ0v) is 24.0. The van der Waals surface area contributed by atoms with E-state index in [4.69, 9.17) is 14.2 Å². The summed E-state index contributed by atoms with van der Waals surface area (Å²) in [6, 6.07) is 11.1. The summed E-state index contributed by atoms with van der Waals surface area (Å²) >= 11 is 0. The van der Waals surface area contributed by atoms with Crippen molar-refractivity contribution >= 4 is 0 Å². The number of aryl methyl sites for hydroxylation is 1. The number of phenols is 1. The fraction of sp³-hybridized carbons (Fsp3) is 0.500. The van der Waals surface area contributed by atoms with Gasteiger partial charge in [0, 0.05) is 25.0 Å². The van der Waals surface area contributed by atoms with Gasteiger partial charge in [0.25, 0.3) is 0 Å². The molecule has 2 unspecified atom stereocenters. The maximum absolute atomic E-state index is 15.0. The minimum absolute atomic E-state index is 0.0658. The highest BCUT2D eigenvalue weighted by molar-refractivity contribution is 5.38. The van der Waals surface area contributed by atoms with Gasteiger partial charge in [-0.25, -0.2) is 4.39 Å². The van der Waals surface area contributed by atoms with Crippen molar-refractivity contribution in [2.24, 2.45) is 11.8 Å². The van der Waals surface area contributed by atoms with E-state index in [9.17, 15) is 9.50 Å². The molecule has 2 aliphatic carbocycles. The lowest BCUT2D eigenvalue weighted by Gasteiger charge is -2.41. The molecule has 0 radical (unpaired) electrons. The summed E-state index contributed by atoms with van der Waals surface area (Å²) in [6.45, 7) is 7.76. The zero-order valence-electron chi connectivity index (χ0n) is 24.0. The fourth-order valence-electron chi connectivity index (χ4n) is 5.79. The molecule has 0 bridgehead atoms. The number of phenolic OH excluding ortho intramolecular Hbond substituents is 1. The van der Waals surface area contributed by atoms with Crippen LogP contribution in [0, 0.1) is 17.7 Å². The maximum atomic E-state index is 15.0. The van der Waals surface area contributed by atoms with E-state index >= 15 is 0 Å². The Balaban J connectivity index is 1.54. The molecule has 0 fully saturated rings. The lowest BCUT2D eigenvalue weighted by Crippen LogP contribution is -2.44. The Morgan fingerprint density at radius 2 is 1.74 bits per heavy atom. The van der Waals surface area contributed by atoms with E-state index in [1.54, 1.807) is 32.4 Å². The Labute approximate surface area is 232 Å². The Kier molecular flexibility index (Phi) is 9.92. The van der Waals surface area contributed by atoms with Crippen molar-refractivity contribution in [3.05, 3.63) is 82.6 Å². The summed E-state index contributed by atoms with van der Waals surface area (Å²) < 4.78 is 32.1. The van der Waals surface area contributed by atoms with Crippen LogP contribution in [0.1, 0.15) is 37.0 Å². The highest BCUT2D eigenvalue weighted by Crippen LogP contribution is 2.39. The van der Waals surface area contributed by atoms with Crippen molar-refractivity contribution in [1.82, 2.24) is 9.80 Å². The number of halogens is 1. The van der Waals surface area contributed by atoms with Crippen LogP contribution in [-0.4, -0.2) is 68.5 Å². The predicted octanol–water partition coefficient (Wildman–Crippen LogP) is 5.55. The smallest absolute Gasteiger partial charge is 0.165 e. The van der Waals surface area contributed by atoms with E-state index in [1.165, 1.54) is 11.1 Å². The van der Waals surface area contributed by atoms with Crippen molar-refractivity contribution < 1.29 is 23.7 Å². The number of fused-ring (bicyclic) bond motifs is 1. The molecule has 2 aromatic rings. The van der Waals surface area contributed by atoms with Gasteiger partial charge in [0.15, 0.2) is 23.1 Å². The number of aromatic hydroxyl groups is 1. The van der Waals surface area contributed by atoms with Crippen LogP contribution in [0.25, 0.3) is 0 Å². The Morgan fingerprint density at radius 3 is 2.44 bits per heavy atom. The van der Waals surface area contributed by atoms with E-state index in [0.29, 0.717) is 30.6 Å². The third-order valence-electron chi connectivity index (χ3n) is 8.22. The first-order valence-corrected chi connectivity index (χ1v) is 14.0. The molecule has 0 saturated heterocycles. The van der Waals surface area contributed by atoms with Gasteiger partial charge in [0.05, 0.1) is 14.2 Å². The summed E-state index contributed by atoms with van der Waals surface area (Å²) in [5.74, 6) is 2.37. The summed E-state index contributed by atoms with van der Waals surface area (Å²) in [5.41, 5.74) is 3.43. The molecule has 0 aliphatic heterocycles. The second kappa shape index (κ2) is 13.4. The van der Waals surface area contributed by atoms with E-state index in [2.05, 4.69) is 41.9 Å². The van der Waals surface area contributed by atoms with Crippen molar-refractivity contribution in [3.63, 3.8) is 0 Å². The molecule has 0 saturated carbocycles. The van der Waals surface area contributed by atoms with Gasteiger partial charge in [-0.15, -0.1) is 0 Å². The normalized spacial score (nSPS) is 20.9. The van der Waals surface area contributed by atoms with E-state index in [-0.39, 0.29) is 17.8 Å². The highest BCUT2D eigenvalue weighted by atomic mass is 19.1. The SMILES string of the molecule is CCN(C)CCOc1ccc(CN(CC)C2C=C(OC)C(OC)=CC2[C@@H]2CCc3cc(O)ccc3C2)cc1F. The summed E-state index contributed by atoms with van der Waals surface area (Å²) in [6.07, 6.45) is 7.27. The summed E-state index contributed by atoms with van der Waals surface area (Å²) in [7, 11) is 5.37. The highest BCUT2D eigenvalue weighted by Gasteiger charge is 2.37. The Hall–Kier alpha value is -3.03. The first-order valence-electron chi connectivity index (χ1n) is 14.0. The van der Waals surface area contributed by atoms with E-state index < -0.39 is 0 Å². The monoisotopic (exact) mass is 538 g/mol. The van der Waals surface area contributed by atoms with Gasteiger partial charge in [-0.2, -0.15) is 0 Å². The van der Waals surface area contributed by atoms with Crippen molar-refractivity contribution in [2.75, 3.05) is 47.5 Å². The predicted molar refractivity (Wildman–Crippen MR) is 152 cm³/mol. The molecule has 212 valence electrons. The van der Waals surface area contributed by atoms with Crippen LogP contribution in [0.2, 0.25) is 0 Å². The molecular formula is C32H43FN2O4. The van der Waals surface area contributed by atoms with Gasteiger partial charge in [0.2, 0.25) is 0 Å². The van der Waals surface area contributed by atoms with Crippen LogP contribution in [0.4, 0.5) is 4.39 Å². The summed E-state index contributed by atoms with van der Waals surface area (Å²) in [4.78, 5) is 4.51. The molecular weight excluding hydrogens is 495 g/mol.